The molecule has 0 aliphatic carbocycles. The van der Waals surface area contributed by atoms with Crippen LogP contribution in [-0.2, 0) is 0 Å². The van der Waals surface area contributed by atoms with Crippen LogP contribution < -0.4 is 26.2 Å². The lowest BCUT2D eigenvalue weighted by molar-refractivity contribution is 1.29. The molecular formula is C34H21BN2S2. The summed E-state index contributed by atoms with van der Waals surface area (Å²) in [4.78, 5) is 5.02. The monoisotopic (exact) mass is 532 g/mol. The second kappa shape index (κ2) is 8.09. The van der Waals surface area contributed by atoms with Crippen molar-refractivity contribution in [2.24, 2.45) is 0 Å². The SMILES string of the molecule is c1ccc2c(c1)B1c3ccccc3N(c3scc4ccccc34)c3cccc(c31)N2c1scc2ccccc12. The summed E-state index contributed by atoms with van der Waals surface area (Å²) in [5.74, 6) is 0. The van der Waals surface area contributed by atoms with Gasteiger partial charge in [-0.2, -0.15) is 0 Å². The maximum absolute atomic E-state index is 2.51. The average Bonchev–Trinajstić information content (AvgIpc) is 3.62. The Morgan fingerprint density at radius 1 is 0.436 bits per heavy atom. The first kappa shape index (κ1) is 21.6. The Morgan fingerprint density at radius 2 is 0.872 bits per heavy atom. The maximum atomic E-state index is 2.51. The Hall–Kier alpha value is -4.32. The van der Waals surface area contributed by atoms with Gasteiger partial charge in [-0.15, -0.1) is 22.7 Å². The quantitative estimate of drug-likeness (QED) is 0.207. The number of rotatable bonds is 2. The molecule has 0 atom stereocenters. The minimum absolute atomic E-state index is 0.175. The summed E-state index contributed by atoms with van der Waals surface area (Å²) in [6.07, 6.45) is 0. The van der Waals surface area contributed by atoms with E-state index in [1.54, 1.807) is 0 Å². The molecule has 0 saturated heterocycles. The van der Waals surface area contributed by atoms with E-state index in [2.05, 4.69) is 136 Å². The van der Waals surface area contributed by atoms with Crippen LogP contribution in [0, 0.1) is 0 Å². The molecule has 7 aromatic rings. The molecule has 2 nitrogen and oxygen atoms in total. The lowest BCUT2D eigenvalue weighted by Gasteiger charge is -2.43. The number of nitrogens with zero attached hydrogens (tertiary/aromatic N) is 2. The van der Waals surface area contributed by atoms with Gasteiger partial charge in [0, 0.05) is 44.3 Å². The molecule has 2 aliphatic heterocycles. The van der Waals surface area contributed by atoms with Crippen LogP contribution in [0.5, 0.6) is 0 Å². The molecule has 5 heteroatoms. The Morgan fingerprint density at radius 3 is 1.41 bits per heavy atom. The Bertz CT molecular complexity index is 1930. The minimum atomic E-state index is 0.175. The molecule has 182 valence electrons. The standard InChI is InChI=1S/C34H21BN2S2/c1-3-12-24-22(10-1)20-38-33(24)36-28-16-7-5-14-26(28)35-27-15-6-8-17-29(27)37(31-19-9-18-30(36)32(31)35)34-25-13-4-2-11-23(25)21-39-34/h1-21H. The van der Waals surface area contributed by atoms with Gasteiger partial charge in [0.05, 0.1) is 0 Å². The van der Waals surface area contributed by atoms with Crippen molar-refractivity contribution in [1.82, 2.24) is 0 Å². The maximum Gasteiger partial charge on any atom is 0.252 e. The van der Waals surface area contributed by atoms with Crippen molar-refractivity contribution in [3.8, 4) is 0 Å². The molecule has 0 unspecified atom stereocenters. The summed E-state index contributed by atoms with van der Waals surface area (Å²) in [6, 6.07) is 42.3. The molecular weight excluding hydrogens is 511 g/mol. The van der Waals surface area contributed by atoms with E-state index in [0.717, 1.165) is 0 Å². The number of hydrogen-bond donors (Lipinski definition) is 0. The first-order chi connectivity index (χ1) is 19.4. The predicted octanol–water partition coefficient (Wildman–Crippen LogP) is 8.20. The molecule has 4 heterocycles. The van der Waals surface area contributed by atoms with Gasteiger partial charge in [-0.1, -0.05) is 91.0 Å². The van der Waals surface area contributed by atoms with Gasteiger partial charge < -0.3 is 9.80 Å². The van der Waals surface area contributed by atoms with Crippen molar-refractivity contribution in [3.05, 3.63) is 126 Å². The minimum Gasteiger partial charge on any atom is -0.302 e. The zero-order valence-corrected chi connectivity index (χ0v) is 22.5. The Kier molecular flexibility index (Phi) is 4.48. The Balaban J connectivity index is 1.38. The number of anilines is 6. The van der Waals surface area contributed by atoms with Crippen molar-refractivity contribution in [1.29, 1.82) is 0 Å². The van der Waals surface area contributed by atoms with Gasteiger partial charge in [0.1, 0.15) is 10.0 Å². The summed E-state index contributed by atoms with van der Waals surface area (Å²) >= 11 is 3.66. The molecule has 2 aliphatic rings. The fraction of sp³-hybridized carbons (Fsp3) is 0. The van der Waals surface area contributed by atoms with Crippen molar-refractivity contribution in [2.45, 2.75) is 0 Å². The molecule has 0 spiro atoms. The van der Waals surface area contributed by atoms with Gasteiger partial charge in [0.2, 0.25) is 0 Å². The summed E-state index contributed by atoms with van der Waals surface area (Å²) < 4.78 is 0. The van der Waals surface area contributed by atoms with Gasteiger partial charge in [0.15, 0.2) is 0 Å². The highest BCUT2D eigenvalue weighted by Crippen LogP contribution is 2.49. The van der Waals surface area contributed by atoms with E-state index < -0.39 is 0 Å². The Labute approximate surface area is 235 Å². The van der Waals surface area contributed by atoms with Crippen LogP contribution in [0.4, 0.5) is 32.8 Å². The first-order valence-corrected chi connectivity index (χ1v) is 15.0. The zero-order valence-electron chi connectivity index (χ0n) is 20.9. The van der Waals surface area contributed by atoms with Gasteiger partial charge in [-0.05, 0) is 51.4 Å². The lowest BCUT2D eigenvalue weighted by Crippen LogP contribution is -2.61. The number of benzene rings is 5. The molecule has 0 saturated carbocycles. The fourth-order valence-corrected chi connectivity index (χ4v) is 8.69. The molecule has 0 radical (unpaired) electrons. The van der Waals surface area contributed by atoms with Crippen LogP contribution in [0.1, 0.15) is 0 Å². The fourth-order valence-electron chi connectivity index (χ4n) is 6.57. The highest BCUT2D eigenvalue weighted by atomic mass is 32.1. The largest absolute Gasteiger partial charge is 0.302 e. The molecule has 9 rings (SSSR count). The normalized spacial score (nSPS) is 13.5. The van der Waals surface area contributed by atoms with E-state index in [4.69, 9.17) is 0 Å². The third kappa shape index (κ3) is 2.92. The average molecular weight is 533 g/mol. The van der Waals surface area contributed by atoms with Gasteiger partial charge in [0.25, 0.3) is 6.71 Å². The summed E-state index contributed by atoms with van der Waals surface area (Å²) in [7, 11) is 0. The second-order valence-corrected chi connectivity index (χ2v) is 11.9. The van der Waals surface area contributed by atoms with Crippen molar-refractivity contribution >= 4 is 100 Å². The van der Waals surface area contributed by atoms with E-state index in [1.807, 2.05) is 22.7 Å². The van der Waals surface area contributed by atoms with Crippen LogP contribution in [-0.4, -0.2) is 6.71 Å². The predicted molar refractivity (Wildman–Crippen MR) is 171 cm³/mol. The highest BCUT2D eigenvalue weighted by Gasteiger charge is 2.43. The lowest BCUT2D eigenvalue weighted by atomic mass is 9.33. The third-order valence-corrected chi connectivity index (χ3v) is 10.2. The van der Waals surface area contributed by atoms with Crippen molar-refractivity contribution in [2.75, 3.05) is 9.80 Å². The summed E-state index contributed by atoms with van der Waals surface area (Å²) in [5.41, 5.74) is 9.17. The van der Waals surface area contributed by atoms with E-state index >= 15 is 0 Å². The second-order valence-electron chi connectivity index (χ2n) is 10.2. The molecule has 0 amide bonds. The summed E-state index contributed by atoms with van der Waals surface area (Å²) in [5, 5.41) is 12.3. The van der Waals surface area contributed by atoms with Crippen LogP contribution in [0.25, 0.3) is 21.5 Å². The van der Waals surface area contributed by atoms with Crippen LogP contribution in [0.15, 0.2) is 126 Å². The first-order valence-electron chi connectivity index (χ1n) is 13.2. The van der Waals surface area contributed by atoms with Crippen LogP contribution >= 0.6 is 22.7 Å². The van der Waals surface area contributed by atoms with E-state index in [1.165, 1.54) is 70.7 Å². The van der Waals surface area contributed by atoms with E-state index in [-0.39, 0.29) is 6.71 Å². The summed E-state index contributed by atoms with van der Waals surface area (Å²) in [6.45, 7) is 0.175. The number of thiophene rings is 2. The number of para-hydroxylation sites is 2. The molecule has 39 heavy (non-hydrogen) atoms. The van der Waals surface area contributed by atoms with E-state index in [0.29, 0.717) is 0 Å². The van der Waals surface area contributed by atoms with Gasteiger partial charge in [-0.3, -0.25) is 0 Å². The topological polar surface area (TPSA) is 6.48 Å². The van der Waals surface area contributed by atoms with Crippen LogP contribution in [0.3, 0.4) is 0 Å². The van der Waals surface area contributed by atoms with Crippen molar-refractivity contribution < 1.29 is 0 Å². The number of hydrogen-bond acceptors (Lipinski definition) is 4. The molecule has 0 N–H and O–H groups in total. The van der Waals surface area contributed by atoms with Crippen molar-refractivity contribution in [3.63, 3.8) is 0 Å². The molecule has 5 aromatic carbocycles. The molecule has 0 bridgehead atoms. The molecule has 2 aromatic heterocycles. The van der Waals surface area contributed by atoms with E-state index in [9.17, 15) is 0 Å². The highest BCUT2D eigenvalue weighted by molar-refractivity contribution is 7.17. The van der Waals surface area contributed by atoms with Gasteiger partial charge >= 0.3 is 0 Å². The van der Waals surface area contributed by atoms with Gasteiger partial charge in [-0.25, -0.2) is 0 Å². The smallest absolute Gasteiger partial charge is 0.252 e. The van der Waals surface area contributed by atoms with Crippen LogP contribution in [0.2, 0.25) is 0 Å². The number of fused-ring (bicyclic) bond motifs is 6. The third-order valence-electron chi connectivity index (χ3n) is 8.19. The molecule has 0 fully saturated rings. The zero-order chi connectivity index (χ0) is 25.5.